The standard InChI is InChI=1S/C18H27FN6O3/c1-18(2,3)28-17(26)25-8-6-12(7-9-25)27-14-5-4-11(19)10-13(14)23-16(22)24-15(20)21/h4-5,10,12H,6-9H2,1-3H3,(H6,20,21,22,23,24). The monoisotopic (exact) mass is 394 g/mol. The number of rotatable bonds is 3. The average Bonchev–Trinajstić information content (AvgIpc) is 2.55. The van der Waals surface area contributed by atoms with Gasteiger partial charge in [0, 0.05) is 32.0 Å². The lowest BCUT2D eigenvalue weighted by atomic mass is 10.1. The Hall–Kier alpha value is -3.04. The van der Waals surface area contributed by atoms with Crippen LogP contribution in [0.3, 0.4) is 0 Å². The van der Waals surface area contributed by atoms with E-state index in [4.69, 9.17) is 26.7 Å². The first-order valence-electron chi connectivity index (χ1n) is 8.91. The average molecular weight is 394 g/mol. The maximum absolute atomic E-state index is 13.6. The molecule has 0 saturated carbocycles. The van der Waals surface area contributed by atoms with Gasteiger partial charge in [-0.3, -0.25) is 0 Å². The second kappa shape index (κ2) is 8.77. The summed E-state index contributed by atoms with van der Waals surface area (Å²) in [5.41, 5.74) is 15.8. The van der Waals surface area contributed by atoms with E-state index in [2.05, 4.69) is 9.98 Å². The minimum Gasteiger partial charge on any atom is -0.488 e. The van der Waals surface area contributed by atoms with Crippen LogP contribution in [0.2, 0.25) is 0 Å². The van der Waals surface area contributed by atoms with Gasteiger partial charge in [-0.2, -0.15) is 4.99 Å². The van der Waals surface area contributed by atoms with E-state index in [0.717, 1.165) is 0 Å². The van der Waals surface area contributed by atoms with Crippen molar-refractivity contribution in [2.24, 2.45) is 27.2 Å². The van der Waals surface area contributed by atoms with Crippen LogP contribution in [0.25, 0.3) is 0 Å². The Kier molecular flexibility index (Phi) is 6.66. The highest BCUT2D eigenvalue weighted by Crippen LogP contribution is 2.31. The van der Waals surface area contributed by atoms with Crippen molar-refractivity contribution < 1.29 is 18.7 Å². The molecule has 1 amide bonds. The third-order valence-corrected chi connectivity index (χ3v) is 3.79. The number of carbonyl (C=O) groups is 1. The lowest BCUT2D eigenvalue weighted by molar-refractivity contribution is 0.0127. The highest BCUT2D eigenvalue weighted by Gasteiger charge is 2.28. The number of hydrogen-bond acceptors (Lipinski definition) is 4. The number of benzene rings is 1. The Morgan fingerprint density at radius 3 is 2.43 bits per heavy atom. The van der Waals surface area contributed by atoms with Gasteiger partial charge < -0.3 is 31.6 Å². The minimum atomic E-state index is -0.541. The highest BCUT2D eigenvalue weighted by molar-refractivity contribution is 5.93. The van der Waals surface area contributed by atoms with Gasteiger partial charge in [0.2, 0.25) is 5.96 Å². The molecule has 0 unspecified atom stereocenters. The smallest absolute Gasteiger partial charge is 0.410 e. The van der Waals surface area contributed by atoms with Crippen LogP contribution in [-0.2, 0) is 4.74 Å². The zero-order chi connectivity index (χ0) is 20.9. The summed E-state index contributed by atoms with van der Waals surface area (Å²) < 4.78 is 24.9. The second-order valence-corrected chi connectivity index (χ2v) is 7.40. The van der Waals surface area contributed by atoms with Crippen molar-refractivity contribution in [3.63, 3.8) is 0 Å². The van der Waals surface area contributed by atoms with E-state index in [1.54, 1.807) is 4.90 Å². The summed E-state index contributed by atoms with van der Waals surface area (Å²) in [6.45, 7) is 6.47. The molecule has 0 aromatic heterocycles. The van der Waals surface area contributed by atoms with E-state index in [9.17, 15) is 9.18 Å². The highest BCUT2D eigenvalue weighted by atomic mass is 19.1. The molecule has 28 heavy (non-hydrogen) atoms. The topological polar surface area (TPSA) is 142 Å². The number of piperidine rings is 1. The largest absolute Gasteiger partial charge is 0.488 e. The van der Waals surface area contributed by atoms with Gasteiger partial charge in [0.05, 0.1) is 0 Å². The number of hydrogen-bond donors (Lipinski definition) is 3. The van der Waals surface area contributed by atoms with Crippen LogP contribution in [0.4, 0.5) is 14.9 Å². The van der Waals surface area contributed by atoms with Crippen LogP contribution < -0.4 is 21.9 Å². The van der Waals surface area contributed by atoms with Crippen LogP contribution in [0.1, 0.15) is 33.6 Å². The van der Waals surface area contributed by atoms with Gasteiger partial charge >= 0.3 is 6.09 Å². The van der Waals surface area contributed by atoms with Crippen molar-refractivity contribution in [1.82, 2.24) is 4.90 Å². The zero-order valence-corrected chi connectivity index (χ0v) is 16.3. The first-order chi connectivity index (χ1) is 13.0. The molecule has 1 aliphatic heterocycles. The van der Waals surface area contributed by atoms with Gasteiger partial charge in [0.25, 0.3) is 0 Å². The predicted octanol–water partition coefficient (Wildman–Crippen LogP) is 1.82. The third-order valence-electron chi connectivity index (χ3n) is 3.79. The molecular weight excluding hydrogens is 367 g/mol. The van der Waals surface area contributed by atoms with Crippen molar-refractivity contribution in [2.45, 2.75) is 45.3 Å². The van der Waals surface area contributed by atoms with Crippen LogP contribution in [-0.4, -0.2) is 47.7 Å². The summed E-state index contributed by atoms with van der Waals surface area (Å²) in [5, 5.41) is 0. The number of ether oxygens (including phenoxy) is 2. The molecule has 1 aliphatic rings. The quantitative estimate of drug-likeness (QED) is 0.527. The van der Waals surface area contributed by atoms with Gasteiger partial charge in [-0.25, -0.2) is 14.2 Å². The summed E-state index contributed by atoms with van der Waals surface area (Å²) in [7, 11) is 0. The van der Waals surface area contributed by atoms with Gasteiger partial charge in [-0.05, 0) is 32.9 Å². The number of nitrogens with two attached hydrogens (primary N) is 3. The number of halogens is 1. The number of amides is 1. The number of carbonyl (C=O) groups excluding carboxylic acids is 1. The second-order valence-electron chi connectivity index (χ2n) is 7.40. The Bertz CT molecular complexity index is 763. The van der Waals surface area contributed by atoms with Crippen molar-refractivity contribution in [2.75, 3.05) is 13.1 Å². The number of aliphatic imine (C=N–C) groups is 2. The molecule has 0 aliphatic carbocycles. The molecule has 1 saturated heterocycles. The summed E-state index contributed by atoms with van der Waals surface area (Å²) in [4.78, 5) is 21.4. The Labute approximate surface area is 163 Å². The summed E-state index contributed by atoms with van der Waals surface area (Å²) in [6, 6.07) is 3.92. The van der Waals surface area contributed by atoms with Gasteiger partial charge in [-0.15, -0.1) is 0 Å². The molecular formula is C18H27FN6O3. The summed E-state index contributed by atoms with van der Waals surface area (Å²) in [6.07, 6.45) is 0.692. The van der Waals surface area contributed by atoms with E-state index >= 15 is 0 Å². The lowest BCUT2D eigenvalue weighted by Gasteiger charge is -2.33. The van der Waals surface area contributed by atoms with Crippen LogP contribution in [0.15, 0.2) is 28.2 Å². The molecule has 1 aromatic rings. The van der Waals surface area contributed by atoms with Crippen LogP contribution in [0.5, 0.6) is 5.75 Å². The summed E-state index contributed by atoms with van der Waals surface area (Å²) >= 11 is 0. The zero-order valence-electron chi connectivity index (χ0n) is 16.3. The minimum absolute atomic E-state index is 0.164. The number of nitrogens with zero attached hydrogens (tertiary/aromatic N) is 3. The molecule has 154 valence electrons. The Balaban J connectivity index is 2.04. The normalized spacial score (nSPS) is 15.9. The SMILES string of the molecule is CC(C)(C)OC(=O)N1CCC(Oc2ccc(F)cc2N=C(N)N=C(N)N)CC1. The Morgan fingerprint density at radius 1 is 1.21 bits per heavy atom. The predicted molar refractivity (Wildman–Crippen MR) is 105 cm³/mol. The molecule has 0 atom stereocenters. The fourth-order valence-corrected chi connectivity index (χ4v) is 2.62. The van der Waals surface area contributed by atoms with E-state index in [-0.39, 0.29) is 29.8 Å². The van der Waals surface area contributed by atoms with Gasteiger partial charge in [0.15, 0.2) is 5.96 Å². The molecule has 0 spiro atoms. The maximum atomic E-state index is 13.6. The molecule has 0 bridgehead atoms. The molecule has 9 nitrogen and oxygen atoms in total. The van der Waals surface area contributed by atoms with E-state index in [1.165, 1.54) is 18.2 Å². The molecule has 6 N–H and O–H groups in total. The number of guanidine groups is 2. The molecule has 0 radical (unpaired) electrons. The lowest BCUT2D eigenvalue weighted by Crippen LogP contribution is -2.44. The van der Waals surface area contributed by atoms with E-state index in [1.807, 2.05) is 20.8 Å². The van der Waals surface area contributed by atoms with Crippen molar-refractivity contribution >= 4 is 23.7 Å². The van der Waals surface area contributed by atoms with Gasteiger partial charge in [0.1, 0.15) is 29.0 Å². The first kappa shape index (κ1) is 21.3. The van der Waals surface area contributed by atoms with Gasteiger partial charge in [-0.1, -0.05) is 0 Å². The molecule has 2 rings (SSSR count). The van der Waals surface area contributed by atoms with Crippen LogP contribution >= 0.6 is 0 Å². The number of likely N-dealkylation sites (tertiary alicyclic amines) is 1. The third kappa shape index (κ3) is 6.60. The molecule has 1 aromatic carbocycles. The fraction of sp³-hybridized carbons (Fsp3) is 0.500. The molecule has 1 heterocycles. The fourth-order valence-electron chi connectivity index (χ4n) is 2.62. The van der Waals surface area contributed by atoms with Crippen molar-refractivity contribution in [1.29, 1.82) is 0 Å². The first-order valence-corrected chi connectivity index (χ1v) is 8.91. The van der Waals surface area contributed by atoms with Crippen molar-refractivity contribution in [3.05, 3.63) is 24.0 Å². The van der Waals surface area contributed by atoms with Crippen LogP contribution in [0, 0.1) is 5.82 Å². The Morgan fingerprint density at radius 2 is 1.86 bits per heavy atom. The van der Waals surface area contributed by atoms with E-state index < -0.39 is 11.4 Å². The molecule has 10 heteroatoms. The van der Waals surface area contributed by atoms with Crippen molar-refractivity contribution in [3.8, 4) is 5.75 Å². The summed E-state index contributed by atoms with van der Waals surface area (Å²) in [5.74, 6) is -0.612. The van der Waals surface area contributed by atoms with E-state index in [0.29, 0.717) is 31.7 Å². The maximum Gasteiger partial charge on any atom is 0.410 e. The molecule has 1 fully saturated rings.